The number of halogens is 3. The van der Waals surface area contributed by atoms with Crippen molar-refractivity contribution in [2.75, 3.05) is 6.54 Å². The first-order chi connectivity index (χ1) is 14.2. The van der Waals surface area contributed by atoms with E-state index in [9.17, 15) is 22.8 Å². The van der Waals surface area contributed by atoms with E-state index in [1.165, 1.54) is 16.8 Å². The number of carbonyl (C=O) groups excluding carboxylic acids is 2. The maximum Gasteiger partial charge on any atom is 0.416 e. The number of benzene rings is 2. The number of nitrogens with one attached hydrogen (secondary N) is 1. The summed E-state index contributed by atoms with van der Waals surface area (Å²) in [5.74, 6) is -1.54. The summed E-state index contributed by atoms with van der Waals surface area (Å²) in [5.41, 5.74) is 1.02. The normalized spacial score (nSPS) is 11.4. The second-order valence-corrected chi connectivity index (χ2v) is 6.83. The van der Waals surface area contributed by atoms with E-state index in [0.29, 0.717) is 12.1 Å². The summed E-state index contributed by atoms with van der Waals surface area (Å²) < 4.78 is 40.3. The van der Waals surface area contributed by atoms with Crippen molar-refractivity contribution >= 4 is 11.7 Å². The van der Waals surface area contributed by atoms with Crippen molar-refractivity contribution in [2.24, 2.45) is 0 Å². The van der Waals surface area contributed by atoms with Gasteiger partial charge in [-0.3, -0.25) is 9.59 Å². The lowest BCUT2D eigenvalue weighted by molar-refractivity contribution is -0.137. The molecule has 0 radical (unpaired) electrons. The van der Waals surface area contributed by atoms with E-state index in [2.05, 4.69) is 10.4 Å². The Morgan fingerprint density at radius 2 is 1.73 bits per heavy atom. The van der Waals surface area contributed by atoms with Crippen LogP contribution in [0.3, 0.4) is 0 Å². The monoisotopic (exact) mass is 415 g/mol. The Labute approximate surface area is 171 Å². The van der Waals surface area contributed by atoms with Crippen molar-refractivity contribution in [1.29, 1.82) is 0 Å². The number of nitrogens with zero attached hydrogens (tertiary/aromatic N) is 2. The maximum absolute atomic E-state index is 13.0. The molecule has 30 heavy (non-hydrogen) atoms. The van der Waals surface area contributed by atoms with Crippen LogP contribution in [0.2, 0.25) is 0 Å². The molecule has 5 nitrogen and oxygen atoms in total. The van der Waals surface area contributed by atoms with E-state index in [1.807, 2.05) is 30.3 Å². The molecule has 1 amide bonds. The first kappa shape index (κ1) is 21.3. The molecule has 3 rings (SSSR count). The zero-order valence-electron chi connectivity index (χ0n) is 16.5. The summed E-state index contributed by atoms with van der Waals surface area (Å²) in [7, 11) is 0. The highest BCUT2D eigenvalue weighted by molar-refractivity contribution is 6.43. The molecule has 0 fully saturated rings. The molecule has 1 N–H and O–H groups in total. The minimum absolute atomic E-state index is 0.0876. The van der Waals surface area contributed by atoms with Gasteiger partial charge in [0.1, 0.15) is 0 Å². The first-order valence-electron chi connectivity index (χ1n) is 9.29. The molecule has 1 heterocycles. The number of alkyl halides is 3. The number of aromatic nitrogens is 2. The van der Waals surface area contributed by atoms with Crippen molar-refractivity contribution in [3.63, 3.8) is 0 Å². The predicted molar refractivity (Wildman–Crippen MR) is 106 cm³/mol. The van der Waals surface area contributed by atoms with Crippen LogP contribution in [-0.4, -0.2) is 28.0 Å². The van der Waals surface area contributed by atoms with Crippen LogP contribution in [0.15, 0.2) is 54.6 Å². The molecule has 0 bridgehead atoms. The Morgan fingerprint density at radius 3 is 2.40 bits per heavy atom. The van der Waals surface area contributed by atoms with Gasteiger partial charge in [-0.1, -0.05) is 36.4 Å². The molecule has 0 unspecified atom stereocenters. The smallest absolute Gasteiger partial charge is 0.349 e. The molecule has 0 aliphatic rings. The molecular weight excluding hydrogens is 395 g/mol. The van der Waals surface area contributed by atoms with E-state index in [-0.39, 0.29) is 23.5 Å². The van der Waals surface area contributed by atoms with Crippen LogP contribution in [0.1, 0.15) is 32.9 Å². The van der Waals surface area contributed by atoms with Gasteiger partial charge in [-0.25, -0.2) is 4.68 Å². The third-order valence-corrected chi connectivity index (χ3v) is 4.68. The third kappa shape index (κ3) is 4.59. The zero-order chi connectivity index (χ0) is 21.9. The van der Waals surface area contributed by atoms with E-state index in [4.69, 9.17) is 0 Å². The molecule has 0 atom stereocenters. The van der Waals surface area contributed by atoms with Crippen LogP contribution in [0, 0.1) is 13.8 Å². The van der Waals surface area contributed by atoms with E-state index in [0.717, 1.165) is 17.7 Å². The van der Waals surface area contributed by atoms with Crippen LogP contribution in [0.25, 0.3) is 5.69 Å². The summed E-state index contributed by atoms with van der Waals surface area (Å²) in [6, 6.07) is 14.1. The van der Waals surface area contributed by atoms with Gasteiger partial charge in [-0.2, -0.15) is 18.3 Å². The lowest BCUT2D eigenvalue weighted by atomic mass is 10.1. The van der Waals surface area contributed by atoms with Crippen LogP contribution in [0.5, 0.6) is 0 Å². The summed E-state index contributed by atoms with van der Waals surface area (Å²) in [5, 5.41) is 6.77. The number of hydrogen-bond donors (Lipinski definition) is 1. The van der Waals surface area contributed by atoms with Gasteiger partial charge in [0.2, 0.25) is 0 Å². The summed E-state index contributed by atoms with van der Waals surface area (Å²) in [4.78, 5) is 25.0. The SMILES string of the molecule is Cc1nn(-c2cccc(C(F)(F)F)c2)c(C)c1C(=O)C(=O)NCCc1ccccc1. The quantitative estimate of drug-likeness (QED) is 0.488. The largest absolute Gasteiger partial charge is 0.416 e. The van der Waals surface area contributed by atoms with Gasteiger partial charge < -0.3 is 5.32 Å². The minimum Gasteiger partial charge on any atom is -0.349 e. The Bertz CT molecular complexity index is 1070. The van der Waals surface area contributed by atoms with Gasteiger partial charge in [0.25, 0.3) is 11.7 Å². The lowest BCUT2D eigenvalue weighted by Gasteiger charge is -2.10. The number of Topliss-reactive ketones (excluding diaryl/α,β-unsaturated/α-hetero) is 1. The molecular formula is C22H20F3N3O2. The fourth-order valence-corrected chi connectivity index (χ4v) is 3.20. The average Bonchev–Trinajstić information content (AvgIpc) is 3.01. The average molecular weight is 415 g/mol. The number of carbonyl (C=O) groups is 2. The van der Waals surface area contributed by atoms with Gasteiger partial charge in [0.15, 0.2) is 0 Å². The Balaban J connectivity index is 1.78. The molecule has 3 aromatic rings. The van der Waals surface area contributed by atoms with Crippen molar-refractivity contribution in [1.82, 2.24) is 15.1 Å². The highest BCUT2D eigenvalue weighted by Gasteiger charge is 2.31. The van der Waals surface area contributed by atoms with Crippen LogP contribution in [0.4, 0.5) is 13.2 Å². The lowest BCUT2D eigenvalue weighted by Crippen LogP contribution is -2.33. The highest BCUT2D eigenvalue weighted by atomic mass is 19.4. The highest BCUT2D eigenvalue weighted by Crippen LogP contribution is 2.30. The summed E-state index contributed by atoms with van der Waals surface area (Å²) >= 11 is 0. The van der Waals surface area contributed by atoms with Crippen LogP contribution >= 0.6 is 0 Å². The summed E-state index contributed by atoms with van der Waals surface area (Å²) in [6.45, 7) is 3.38. The molecule has 0 aliphatic heterocycles. The van der Waals surface area contributed by atoms with Crippen LogP contribution in [-0.2, 0) is 17.4 Å². The maximum atomic E-state index is 13.0. The van der Waals surface area contributed by atoms with Crippen LogP contribution < -0.4 is 5.32 Å². The van der Waals surface area contributed by atoms with Gasteiger partial charge in [-0.05, 0) is 44.0 Å². The number of rotatable bonds is 6. The Kier molecular flexibility index (Phi) is 6.05. The van der Waals surface area contributed by atoms with Gasteiger partial charge in [0, 0.05) is 6.54 Å². The van der Waals surface area contributed by atoms with E-state index < -0.39 is 23.4 Å². The van der Waals surface area contributed by atoms with Crippen molar-refractivity contribution in [2.45, 2.75) is 26.4 Å². The molecule has 0 saturated heterocycles. The molecule has 0 aliphatic carbocycles. The van der Waals surface area contributed by atoms with Crippen molar-refractivity contribution in [3.8, 4) is 5.69 Å². The van der Waals surface area contributed by atoms with Gasteiger partial charge in [0.05, 0.1) is 28.2 Å². The molecule has 0 spiro atoms. The number of aryl methyl sites for hydroxylation is 1. The molecule has 1 aromatic heterocycles. The molecule has 156 valence electrons. The Morgan fingerprint density at radius 1 is 1.03 bits per heavy atom. The van der Waals surface area contributed by atoms with Crippen molar-refractivity contribution in [3.05, 3.63) is 82.7 Å². The second kappa shape index (κ2) is 8.52. The van der Waals surface area contributed by atoms with Gasteiger partial charge in [-0.15, -0.1) is 0 Å². The summed E-state index contributed by atoms with van der Waals surface area (Å²) in [6.07, 6.45) is -3.93. The Hall–Kier alpha value is -3.42. The number of amides is 1. The number of ketones is 1. The standard InChI is InChI=1S/C22H20F3N3O2/c1-14-19(20(29)21(30)26-12-11-16-7-4-3-5-8-16)15(2)28(27-14)18-10-6-9-17(13-18)22(23,24)25/h3-10,13H,11-12H2,1-2H3,(H,26,30). The third-order valence-electron chi connectivity index (χ3n) is 4.68. The molecule has 8 heteroatoms. The fraction of sp³-hybridized carbons (Fsp3) is 0.227. The van der Waals surface area contributed by atoms with E-state index in [1.54, 1.807) is 13.8 Å². The van der Waals surface area contributed by atoms with E-state index >= 15 is 0 Å². The topological polar surface area (TPSA) is 64.0 Å². The zero-order valence-corrected chi connectivity index (χ0v) is 16.5. The number of hydrogen-bond acceptors (Lipinski definition) is 3. The van der Waals surface area contributed by atoms with Crippen molar-refractivity contribution < 1.29 is 22.8 Å². The molecule has 0 saturated carbocycles. The first-order valence-corrected chi connectivity index (χ1v) is 9.29. The van der Waals surface area contributed by atoms with Gasteiger partial charge >= 0.3 is 6.18 Å². The second-order valence-electron chi connectivity index (χ2n) is 6.83. The predicted octanol–water partition coefficient (Wildman–Crippen LogP) is 4.05. The minimum atomic E-state index is -4.50. The fourth-order valence-electron chi connectivity index (χ4n) is 3.20. The molecule has 2 aromatic carbocycles.